The molecule has 38 heavy (non-hydrogen) atoms. The molecular formula is C33H37IO2Si2. The number of halogens is 1. The number of rotatable bonds is 13. The number of hydrogen-bond acceptors (Lipinski definition) is 2. The third-order valence-corrected chi connectivity index (χ3v) is 23.3. The fraction of sp³-hybridized carbons (Fsp3) is 0.212. The van der Waals surface area contributed by atoms with Gasteiger partial charge in [0.2, 0.25) is 0 Å². The molecule has 5 heteroatoms. The van der Waals surface area contributed by atoms with Crippen LogP contribution in [0.1, 0.15) is 13.8 Å². The molecule has 0 radical (unpaired) electrons. The summed E-state index contributed by atoms with van der Waals surface area (Å²) in [6.45, 7) is 9.69. The summed E-state index contributed by atoms with van der Waals surface area (Å²) >= 11 is 2.67. The molecule has 0 fully saturated rings. The van der Waals surface area contributed by atoms with Crippen molar-refractivity contribution in [3.8, 4) is 11.5 Å². The second kappa shape index (κ2) is 13.4. The van der Waals surface area contributed by atoms with Gasteiger partial charge in [0.05, 0.1) is 13.2 Å². The van der Waals surface area contributed by atoms with E-state index in [2.05, 4.69) is 144 Å². The van der Waals surface area contributed by atoms with Crippen molar-refractivity contribution >= 4 is 59.5 Å². The van der Waals surface area contributed by atoms with Gasteiger partial charge in [-0.2, -0.15) is 0 Å². The van der Waals surface area contributed by atoms with Crippen LogP contribution in [0.25, 0.3) is 0 Å². The van der Waals surface area contributed by atoms with Crippen molar-refractivity contribution in [1.29, 1.82) is 0 Å². The Labute approximate surface area is 243 Å². The first-order chi connectivity index (χ1) is 18.6. The van der Waals surface area contributed by atoms with Crippen molar-refractivity contribution < 1.29 is 9.47 Å². The summed E-state index contributed by atoms with van der Waals surface area (Å²) in [5, 5.41) is 5.86. The topological polar surface area (TPSA) is 18.5 Å². The summed E-state index contributed by atoms with van der Waals surface area (Å²) in [7, 11) is -4.51. The molecule has 0 aromatic heterocycles. The van der Waals surface area contributed by atoms with E-state index in [9.17, 15) is 0 Å². The molecule has 0 saturated carbocycles. The van der Waals surface area contributed by atoms with Crippen LogP contribution >= 0.6 is 22.6 Å². The number of hydrogen-bond donors (Lipinski definition) is 0. The Morgan fingerprint density at radius 3 is 1.34 bits per heavy atom. The van der Waals surface area contributed by atoms with Gasteiger partial charge in [0.15, 0.2) is 0 Å². The maximum Gasteiger partial charge on any atom is 0.125 e. The minimum atomic E-state index is -2.33. The van der Waals surface area contributed by atoms with Gasteiger partial charge >= 0.3 is 0 Å². The lowest BCUT2D eigenvalue weighted by Crippen LogP contribution is -2.70. The van der Waals surface area contributed by atoms with E-state index >= 15 is 0 Å². The lowest BCUT2D eigenvalue weighted by molar-refractivity contribution is 0.340. The quantitative estimate of drug-likeness (QED) is 0.0766. The third kappa shape index (κ3) is 6.00. The minimum absolute atomic E-state index is 0.667. The zero-order valence-corrected chi connectivity index (χ0v) is 26.6. The van der Waals surface area contributed by atoms with Gasteiger partial charge in [-0.05, 0) is 49.8 Å². The molecule has 0 spiro atoms. The molecular weight excluding hydrogens is 611 g/mol. The first-order valence-corrected chi connectivity index (χ1v) is 19.7. The molecule has 0 N–H and O–H groups in total. The second-order valence-corrected chi connectivity index (χ2v) is 20.6. The standard InChI is InChI=1S/C33H37IO2Si2/c1-4-25-37(32-21-17-28(18-22-32)35-5-2,33-23-19-29(20-24-33)36-6-3)27-38(26-34,30-13-9-7-10-14-30)31-15-11-8-12-16-31/h4,7-24H,1,5-6,25-27H2,2-3H3. The number of alkyl halides is 1. The van der Waals surface area contributed by atoms with Crippen molar-refractivity contribution in [3.05, 3.63) is 122 Å². The van der Waals surface area contributed by atoms with E-state index in [0.717, 1.165) is 27.3 Å². The average Bonchev–Trinajstić information content (AvgIpc) is 2.98. The van der Waals surface area contributed by atoms with Gasteiger partial charge in [0.1, 0.15) is 27.6 Å². The highest BCUT2D eigenvalue weighted by atomic mass is 127. The fourth-order valence-electron chi connectivity index (χ4n) is 5.60. The maximum atomic E-state index is 5.83. The van der Waals surface area contributed by atoms with Gasteiger partial charge in [-0.3, -0.25) is 0 Å². The van der Waals surface area contributed by atoms with E-state index in [1.165, 1.54) is 20.7 Å². The van der Waals surface area contributed by atoms with E-state index in [0.29, 0.717) is 13.2 Å². The van der Waals surface area contributed by atoms with Crippen LogP contribution in [-0.2, 0) is 0 Å². The number of allylic oxidation sites excluding steroid dienone is 1. The average molecular weight is 649 g/mol. The van der Waals surface area contributed by atoms with Crippen molar-refractivity contribution in [2.45, 2.75) is 25.6 Å². The van der Waals surface area contributed by atoms with Crippen LogP contribution in [0.5, 0.6) is 11.5 Å². The highest BCUT2D eigenvalue weighted by Gasteiger charge is 2.47. The van der Waals surface area contributed by atoms with E-state index in [4.69, 9.17) is 9.47 Å². The number of benzene rings is 4. The summed E-state index contributed by atoms with van der Waals surface area (Å²) in [6, 6.07) is 41.4. The summed E-state index contributed by atoms with van der Waals surface area (Å²) in [5.74, 6) is 1.85. The predicted molar refractivity (Wildman–Crippen MR) is 177 cm³/mol. The van der Waals surface area contributed by atoms with E-state index < -0.39 is 16.1 Å². The van der Waals surface area contributed by atoms with E-state index in [-0.39, 0.29) is 0 Å². The lowest BCUT2D eigenvalue weighted by atomic mass is 10.3. The molecule has 196 valence electrons. The highest BCUT2D eigenvalue weighted by molar-refractivity contribution is 14.1. The summed E-state index contributed by atoms with van der Waals surface area (Å²) in [4.78, 5) is 0. The van der Waals surface area contributed by atoms with Crippen LogP contribution in [0.2, 0.25) is 11.7 Å². The van der Waals surface area contributed by atoms with Crippen LogP contribution in [-0.4, -0.2) is 33.4 Å². The van der Waals surface area contributed by atoms with E-state index in [1.807, 2.05) is 13.8 Å². The predicted octanol–water partition coefficient (Wildman–Crippen LogP) is 6.01. The Morgan fingerprint density at radius 1 is 0.605 bits per heavy atom. The van der Waals surface area contributed by atoms with Gasteiger partial charge < -0.3 is 9.47 Å². The third-order valence-electron chi connectivity index (χ3n) is 7.41. The zero-order valence-electron chi connectivity index (χ0n) is 22.4. The maximum absolute atomic E-state index is 5.83. The van der Waals surface area contributed by atoms with Crippen molar-refractivity contribution in [2.24, 2.45) is 0 Å². The van der Waals surface area contributed by atoms with Crippen molar-refractivity contribution in [1.82, 2.24) is 0 Å². The molecule has 4 rings (SSSR count). The zero-order chi connectivity index (χ0) is 26.8. The molecule has 0 heterocycles. The van der Waals surface area contributed by atoms with Crippen LogP contribution in [0, 0.1) is 0 Å². The molecule has 0 aliphatic carbocycles. The van der Waals surface area contributed by atoms with Crippen LogP contribution in [0.15, 0.2) is 122 Å². The van der Waals surface area contributed by atoms with Crippen LogP contribution in [0.4, 0.5) is 0 Å². The Hall–Kier alpha value is -2.62. The highest BCUT2D eigenvalue weighted by Crippen LogP contribution is 2.28. The molecule has 4 aromatic rings. The van der Waals surface area contributed by atoms with Crippen molar-refractivity contribution in [3.63, 3.8) is 0 Å². The van der Waals surface area contributed by atoms with E-state index in [1.54, 1.807) is 0 Å². The molecule has 0 unspecified atom stereocenters. The van der Waals surface area contributed by atoms with Crippen molar-refractivity contribution in [2.75, 3.05) is 17.3 Å². The summed E-state index contributed by atoms with van der Waals surface area (Å²) in [5.41, 5.74) is 1.16. The summed E-state index contributed by atoms with van der Waals surface area (Å²) in [6.07, 6.45) is 2.15. The SMILES string of the molecule is C=CC[Si](C[Si](CI)(c1ccccc1)c1ccccc1)(c1ccc(OCC)cc1)c1ccc(OCC)cc1. The van der Waals surface area contributed by atoms with Gasteiger partial charge in [-0.1, -0.05) is 134 Å². The van der Waals surface area contributed by atoms with Gasteiger partial charge in [0, 0.05) is 4.05 Å². The van der Waals surface area contributed by atoms with Gasteiger partial charge in [-0.25, -0.2) is 0 Å². The molecule has 4 aromatic carbocycles. The molecule has 2 nitrogen and oxygen atoms in total. The normalized spacial score (nSPS) is 11.7. The molecule has 0 aliphatic heterocycles. The Morgan fingerprint density at radius 2 is 1.00 bits per heavy atom. The molecule has 0 saturated heterocycles. The summed E-state index contributed by atoms with van der Waals surface area (Å²) < 4.78 is 12.8. The Kier molecular flexibility index (Phi) is 10.0. The monoisotopic (exact) mass is 648 g/mol. The van der Waals surface area contributed by atoms with Crippen LogP contribution in [0.3, 0.4) is 0 Å². The first-order valence-electron chi connectivity index (χ1n) is 13.4. The lowest BCUT2D eigenvalue weighted by Gasteiger charge is -2.42. The van der Waals surface area contributed by atoms with Crippen LogP contribution < -0.4 is 30.2 Å². The van der Waals surface area contributed by atoms with Gasteiger partial charge in [-0.15, -0.1) is 6.58 Å². The second-order valence-electron chi connectivity index (χ2n) is 9.61. The molecule has 0 atom stereocenters. The smallest absolute Gasteiger partial charge is 0.125 e. The molecule has 0 aliphatic rings. The van der Waals surface area contributed by atoms with Gasteiger partial charge in [0.25, 0.3) is 0 Å². The Balaban J connectivity index is 1.97. The number of ether oxygens (including phenoxy) is 2. The largest absolute Gasteiger partial charge is 0.494 e. The molecule has 0 amide bonds. The fourth-order valence-corrected chi connectivity index (χ4v) is 24.2. The molecule has 0 bridgehead atoms. The minimum Gasteiger partial charge on any atom is -0.494 e. The Bertz CT molecular complexity index is 1190. The first kappa shape index (κ1) is 28.4.